The molecule has 0 bridgehead atoms. The van der Waals surface area contributed by atoms with Gasteiger partial charge in [-0.1, -0.05) is 23.8 Å². The van der Waals surface area contributed by atoms with Crippen LogP contribution in [0.4, 0.5) is 13.2 Å². The molecule has 2 aliphatic heterocycles. The van der Waals surface area contributed by atoms with Gasteiger partial charge in [-0.15, -0.1) is 0 Å². The lowest BCUT2D eigenvalue weighted by Crippen LogP contribution is -2.63. The number of rotatable bonds is 3. The van der Waals surface area contributed by atoms with Crippen molar-refractivity contribution < 1.29 is 18.0 Å². The minimum absolute atomic E-state index is 0.0161. The summed E-state index contributed by atoms with van der Waals surface area (Å²) in [5, 5.41) is 0. The summed E-state index contributed by atoms with van der Waals surface area (Å²) in [6.45, 7) is 12.4. The van der Waals surface area contributed by atoms with Gasteiger partial charge in [0, 0.05) is 50.3 Å². The molecular weight excluding hydrogens is 491 g/mol. The first-order chi connectivity index (χ1) is 18.0. The molecule has 6 nitrogen and oxygen atoms in total. The molecular formula is C29H38F3N5O. The Labute approximate surface area is 223 Å². The second-order valence-electron chi connectivity index (χ2n) is 11.5. The summed E-state index contributed by atoms with van der Waals surface area (Å²) in [5.41, 5.74) is 3.79. The first-order valence-electron chi connectivity index (χ1n) is 13.7. The first kappa shape index (κ1) is 27.1. The highest BCUT2D eigenvalue weighted by molar-refractivity contribution is 5.96. The summed E-state index contributed by atoms with van der Waals surface area (Å²) in [4.78, 5) is 28.7. The Morgan fingerprint density at radius 2 is 1.74 bits per heavy atom. The van der Waals surface area contributed by atoms with Crippen molar-refractivity contribution in [3.05, 3.63) is 58.2 Å². The molecule has 4 aliphatic rings. The number of nitrogens with zero attached hydrogens (tertiary/aromatic N) is 5. The van der Waals surface area contributed by atoms with Gasteiger partial charge in [0.2, 0.25) is 0 Å². The highest BCUT2D eigenvalue weighted by Crippen LogP contribution is 2.40. The van der Waals surface area contributed by atoms with Crippen molar-refractivity contribution in [1.29, 1.82) is 0 Å². The molecule has 2 saturated heterocycles. The Hall–Kier alpha value is -2.52. The van der Waals surface area contributed by atoms with E-state index in [-0.39, 0.29) is 17.5 Å². The van der Waals surface area contributed by atoms with Crippen LogP contribution in [0.25, 0.3) is 0 Å². The monoisotopic (exact) mass is 529 g/mol. The Balaban J connectivity index is 1.21. The maximum Gasteiger partial charge on any atom is 0.416 e. The second kappa shape index (κ2) is 10.2. The van der Waals surface area contributed by atoms with Gasteiger partial charge < -0.3 is 4.90 Å². The van der Waals surface area contributed by atoms with Gasteiger partial charge in [0.25, 0.3) is 5.91 Å². The Morgan fingerprint density at radius 3 is 2.37 bits per heavy atom. The summed E-state index contributed by atoms with van der Waals surface area (Å²) in [6, 6.07) is 0.488. The van der Waals surface area contributed by atoms with Gasteiger partial charge in [-0.05, 0) is 65.4 Å². The Bertz CT molecular complexity index is 1160. The van der Waals surface area contributed by atoms with Crippen LogP contribution < -0.4 is 0 Å². The zero-order chi connectivity index (χ0) is 27.2. The Morgan fingerprint density at radius 1 is 1.05 bits per heavy atom. The van der Waals surface area contributed by atoms with Crippen molar-refractivity contribution in [1.82, 2.24) is 24.7 Å². The van der Waals surface area contributed by atoms with Crippen LogP contribution in [0, 0.1) is 13.8 Å². The number of aryl methyl sites for hydroxylation is 2. The minimum Gasteiger partial charge on any atom is -0.338 e. The fourth-order valence-electron chi connectivity index (χ4n) is 6.82. The smallest absolute Gasteiger partial charge is 0.338 e. The number of allylic oxidation sites excluding steroid dienone is 4. The van der Waals surface area contributed by atoms with Crippen LogP contribution in [0.1, 0.15) is 67.7 Å². The average molecular weight is 530 g/mol. The summed E-state index contributed by atoms with van der Waals surface area (Å²) < 4.78 is 39.8. The van der Waals surface area contributed by atoms with Crippen LogP contribution in [0.2, 0.25) is 0 Å². The van der Waals surface area contributed by atoms with Crippen LogP contribution >= 0.6 is 0 Å². The molecule has 0 N–H and O–H groups in total. The lowest BCUT2D eigenvalue weighted by atomic mass is 9.86. The number of hydrogen-bond acceptors (Lipinski definition) is 5. The molecule has 0 radical (unpaired) electrons. The zero-order valence-corrected chi connectivity index (χ0v) is 22.8. The second-order valence-corrected chi connectivity index (χ2v) is 11.5. The first-order valence-corrected chi connectivity index (χ1v) is 13.7. The summed E-state index contributed by atoms with van der Waals surface area (Å²) in [7, 11) is 0. The highest BCUT2D eigenvalue weighted by atomic mass is 19.4. The molecule has 2 aliphatic carbocycles. The van der Waals surface area contributed by atoms with Crippen molar-refractivity contribution in [2.75, 3.05) is 32.7 Å². The summed E-state index contributed by atoms with van der Waals surface area (Å²) in [5.74, 6) is 0.0192. The molecule has 9 heteroatoms. The molecule has 2 atom stereocenters. The van der Waals surface area contributed by atoms with Gasteiger partial charge in [0.05, 0.1) is 22.5 Å². The number of hydrogen-bond donors (Lipinski definition) is 0. The van der Waals surface area contributed by atoms with E-state index in [9.17, 15) is 18.0 Å². The van der Waals surface area contributed by atoms with E-state index in [0.717, 1.165) is 67.9 Å². The van der Waals surface area contributed by atoms with E-state index in [1.165, 1.54) is 18.5 Å². The van der Waals surface area contributed by atoms with E-state index in [4.69, 9.17) is 0 Å². The lowest BCUT2D eigenvalue weighted by Gasteiger charge is -2.52. The van der Waals surface area contributed by atoms with E-state index in [1.54, 1.807) is 6.08 Å². The number of amides is 1. The third-order valence-corrected chi connectivity index (χ3v) is 9.24. The molecule has 5 rings (SSSR count). The maximum atomic E-state index is 13.3. The molecule has 3 heterocycles. The van der Waals surface area contributed by atoms with E-state index < -0.39 is 11.7 Å². The summed E-state index contributed by atoms with van der Waals surface area (Å²) in [6.07, 6.45) is 5.59. The fraction of sp³-hybridized carbons (Fsp3) is 0.621. The number of piperidine rings is 1. The molecule has 2 fully saturated rings. The van der Waals surface area contributed by atoms with Crippen molar-refractivity contribution >= 4 is 5.91 Å². The van der Waals surface area contributed by atoms with Crippen molar-refractivity contribution in [3.63, 3.8) is 0 Å². The minimum atomic E-state index is -4.30. The van der Waals surface area contributed by atoms with E-state index in [1.807, 2.05) is 18.7 Å². The van der Waals surface area contributed by atoms with Crippen LogP contribution in [-0.4, -0.2) is 87.1 Å². The SMILES string of the molecule is Cc1ncnc(C)c1C(=O)N1CCC(C)(N2CCN(C3CCC4=C3C=CC(C(F)(F)F)=CC4)[C@@H](C)C2)CC1. The third kappa shape index (κ3) is 5.07. The van der Waals surface area contributed by atoms with Gasteiger partial charge in [-0.25, -0.2) is 9.97 Å². The van der Waals surface area contributed by atoms with Crippen LogP contribution in [0.5, 0.6) is 0 Å². The number of carbonyl (C=O) groups is 1. The molecule has 38 heavy (non-hydrogen) atoms. The normalized spacial score (nSPS) is 26.8. The van der Waals surface area contributed by atoms with Crippen LogP contribution in [0.15, 0.2) is 41.3 Å². The predicted molar refractivity (Wildman–Crippen MR) is 141 cm³/mol. The average Bonchev–Trinajstić information content (AvgIpc) is 3.12. The van der Waals surface area contributed by atoms with Gasteiger partial charge in [0.15, 0.2) is 0 Å². The Kier molecular flexibility index (Phi) is 7.28. The topological polar surface area (TPSA) is 52.6 Å². The third-order valence-electron chi connectivity index (χ3n) is 9.24. The van der Waals surface area contributed by atoms with Crippen LogP contribution in [0.3, 0.4) is 0 Å². The molecule has 206 valence electrons. The van der Waals surface area contributed by atoms with Crippen molar-refractivity contribution in [2.45, 2.75) is 83.6 Å². The van der Waals surface area contributed by atoms with Gasteiger partial charge in [-0.3, -0.25) is 14.6 Å². The van der Waals surface area contributed by atoms with Gasteiger partial charge in [0.1, 0.15) is 6.33 Å². The largest absolute Gasteiger partial charge is 0.416 e. The van der Waals surface area contributed by atoms with E-state index in [2.05, 4.69) is 33.6 Å². The fourth-order valence-corrected chi connectivity index (χ4v) is 6.82. The lowest BCUT2D eigenvalue weighted by molar-refractivity contribution is -0.0883. The standard InChI is InChI=1S/C29H38F3N5O/c1-19-17-36(28(4)11-13-35(14-12-28)27(38)26-20(2)33-18-34-21(26)3)15-16-37(19)25-10-6-22-5-7-23(29(30,31)32)8-9-24(22)25/h7-9,18-19,25H,5-6,10-17H2,1-4H3/t19-,25?/m0/s1. The molecule has 1 aromatic heterocycles. The van der Waals surface area contributed by atoms with E-state index in [0.29, 0.717) is 31.1 Å². The van der Waals surface area contributed by atoms with E-state index >= 15 is 0 Å². The predicted octanol–water partition coefficient (Wildman–Crippen LogP) is 5.00. The number of alkyl halides is 3. The van der Waals surface area contributed by atoms with Gasteiger partial charge >= 0.3 is 6.18 Å². The number of piperazine rings is 1. The molecule has 0 aromatic carbocycles. The number of carbonyl (C=O) groups excluding carboxylic acids is 1. The number of halogens is 3. The molecule has 1 amide bonds. The van der Waals surface area contributed by atoms with Crippen LogP contribution in [-0.2, 0) is 0 Å². The number of likely N-dealkylation sites (tertiary alicyclic amines) is 1. The molecule has 1 aromatic rings. The molecule has 1 unspecified atom stereocenters. The van der Waals surface area contributed by atoms with Crippen molar-refractivity contribution in [2.24, 2.45) is 0 Å². The quantitative estimate of drug-likeness (QED) is 0.552. The zero-order valence-electron chi connectivity index (χ0n) is 22.8. The van der Waals surface area contributed by atoms with Crippen molar-refractivity contribution in [3.8, 4) is 0 Å². The number of aromatic nitrogens is 2. The molecule has 0 spiro atoms. The molecule has 0 saturated carbocycles. The van der Waals surface area contributed by atoms with Gasteiger partial charge in [-0.2, -0.15) is 13.2 Å². The maximum absolute atomic E-state index is 13.3. The highest BCUT2D eigenvalue weighted by Gasteiger charge is 2.43. The summed E-state index contributed by atoms with van der Waals surface area (Å²) >= 11 is 0.